The number of carbonyl (C=O) groups excluding carboxylic acids is 2. The number of cyclic esters (lactones) is 1. The summed E-state index contributed by atoms with van der Waals surface area (Å²) in [4.78, 5) is 26.8. The minimum Gasteiger partial charge on any atom is -0.458 e. The lowest BCUT2D eigenvalue weighted by Gasteiger charge is -2.35. The zero-order chi connectivity index (χ0) is 23.4. The van der Waals surface area contributed by atoms with Gasteiger partial charge in [-0.1, -0.05) is 0 Å². The molecule has 2 saturated heterocycles. The first-order chi connectivity index (χ1) is 14.3. The number of nitrogens with two attached hydrogens (primary N) is 1. The monoisotopic (exact) mass is 462 g/mol. The van der Waals surface area contributed by atoms with Crippen LogP contribution < -0.4 is 11.1 Å². The van der Waals surface area contributed by atoms with Crippen molar-refractivity contribution in [2.24, 2.45) is 17.6 Å². The van der Waals surface area contributed by atoms with Crippen molar-refractivity contribution in [2.75, 3.05) is 32.5 Å². The van der Waals surface area contributed by atoms with E-state index in [2.05, 4.69) is 5.32 Å². The second kappa shape index (κ2) is 10.1. The summed E-state index contributed by atoms with van der Waals surface area (Å²) in [6.45, 7) is 6.39. The van der Waals surface area contributed by atoms with Crippen molar-refractivity contribution >= 4 is 28.0 Å². The van der Waals surface area contributed by atoms with Crippen LogP contribution in [0.1, 0.15) is 40.0 Å². The van der Waals surface area contributed by atoms with Crippen molar-refractivity contribution in [1.29, 1.82) is 5.41 Å². The predicted octanol–water partition coefficient (Wildman–Crippen LogP) is 0.436. The molecule has 0 aromatic rings. The highest BCUT2D eigenvalue weighted by Crippen LogP contribution is 2.30. The lowest BCUT2D eigenvalue weighted by Crippen LogP contribution is -2.49. The molecule has 2 rings (SSSR count). The number of rotatable bonds is 9. The maximum atomic E-state index is 13.0. The lowest BCUT2D eigenvalue weighted by atomic mass is 9.80. The number of nitrogens with zero attached hydrogens (tertiary/aromatic N) is 1. The fraction of sp³-hybridized carbons (Fsp3) is 0.842. The van der Waals surface area contributed by atoms with Gasteiger partial charge >= 0.3 is 12.1 Å². The molecule has 4 N–H and O–H groups in total. The summed E-state index contributed by atoms with van der Waals surface area (Å²) in [5.74, 6) is -0.954. The Labute approximate surface area is 183 Å². The number of amides is 1. The normalized spacial score (nSPS) is 22.6. The first-order valence-corrected chi connectivity index (χ1v) is 12.2. The van der Waals surface area contributed by atoms with Crippen molar-refractivity contribution in [3.63, 3.8) is 0 Å². The third kappa shape index (κ3) is 7.93. The Morgan fingerprint density at radius 3 is 2.48 bits per heavy atom. The van der Waals surface area contributed by atoms with E-state index in [-0.39, 0.29) is 31.3 Å². The van der Waals surface area contributed by atoms with Crippen LogP contribution in [-0.2, 0) is 28.6 Å². The summed E-state index contributed by atoms with van der Waals surface area (Å²) in [5, 5.41) is 11.3. The largest absolute Gasteiger partial charge is 0.458 e. The van der Waals surface area contributed by atoms with Crippen molar-refractivity contribution < 1.29 is 31.7 Å². The highest BCUT2D eigenvalue weighted by atomic mass is 32.2. The van der Waals surface area contributed by atoms with Gasteiger partial charge in [-0.05, 0) is 59.0 Å². The third-order valence-electron chi connectivity index (χ3n) is 5.25. The second-order valence-corrected chi connectivity index (χ2v) is 10.7. The molecule has 11 nitrogen and oxygen atoms in total. The highest BCUT2D eigenvalue weighted by molar-refractivity contribution is 7.85. The van der Waals surface area contributed by atoms with E-state index in [1.807, 2.05) is 0 Å². The van der Waals surface area contributed by atoms with Gasteiger partial charge in [0.25, 0.3) is 10.1 Å². The van der Waals surface area contributed by atoms with Crippen LogP contribution in [0.4, 0.5) is 4.79 Å². The molecule has 0 saturated carbocycles. The zero-order valence-corrected chi connectivity index (χ0v) is 19.4. The Kier molecular flexibility index (Phi) is 8.28. The van der Waals surface area contributed by atoms with E-state index in [0.29, 0.717) is 0 Å². The lowest BCUT2D eigenvalue weighted by molar-refractivity contribution is -0.160. The molecule has 12 heteroatoms. The van der Waals surface area contributed by atoms with Gasteiger partial charge in [-0.3, -0.25) is 14.5 Å². The number of carbonyl (C=O) groups is 2. The smallest absolute Gasteiger partial charge is 0.411 e. The summed E-state index contributed by atoms with van der Waals surface area (Å²) in [7, 11) is -3.70. The molecule has 0 aromatic heterocycles. The molecule has 3 unspecified atom stereocenters. The molecular weight excluding hydrogens is 428 g/mol. The summed E-state index contributed by atoms with van der Waals surface area (Å²) in [6, 6.07) is -1.02. The molecule has 0 aliphatic carbocycles. The van der Waals surface area contributed by atoms with Gasteiger partial charge in [0.2, 0.25) is 0 Å². The van der Waals surface area contributed by atoms with Crippen LogP contribution in [-0.4, -0.2) is 81.5 Å². The zero-order valence-electron chi connectivity index (χ0n) is 18.5. The van der Waals surface area contributed by atoms with E-state index in [4.69, 9.17) is 24.8 Å². The van der Waals surface area contributed by atoms with E-state index in [9.17, 15) is 18.0 Å². The molecule has 0 bridgehead atoms. The number of nitrogens with one attached hydrogen (secondary N) is 2. The highest BCUT2D eigenvalue weighted by Gasteiger charge is 2.44. The van der Waals surface area contributed by atoms with Crippen LogP contribution in [0.15, 0.2) is 0 Å². The van der Waals surface area contributed by atoms with Gasteiger partial charge in [0.15, 0.2) is 0 Å². The molecule has 0 radical (unpaired) electrons. The summed E-state index contributed by atoms with van der Waals surface area (Å²) in [6.07, 6.45) is 1.04. The molecule has 178 valence electrons. The molecule has 2 aliphatic heterocycles. The first-order valence-electron chi connectivity index (χ1n) is 10.4. The quantitative estimate of drug-likeness (QED) is 0.191. The van der Waals surface area contributed by atoms with Crippen LogP contribution in [0, 0.1) is 17.2 Å². The maximum Gasteiger partial charge on any atom is 0.411 e. The van der Waals surface area contributed by atoms with Gasteiger partial charge in [-0.15, -0.1) is 0 Å². The Morgan fingerprint density at radius 1 is 1.35 bits per heavy atom. The van der Waals surface area contributed by atoms with Crippen molar-refractivity contribution in [3.8, 4) is 0 Å². The number of ether oxygens (including phenoxy) is 2. The predicted molar refractivity (Wildman–Crippen MR) is 113 cm³/mol. The fourth-order valence-corrected chi connectivity index (χ4v) is 4.26. The van der Waals surface area contributed by atoms with Gasteiger partial charge in [0.1, 0.15) is 24.4 Å². The molecule has 2 heterocycles. The van der Waals surface area contributed by atoms with E-state index in [1.54, 1.807) is 20.8 Å². The Hall–Kier alpha value is -1.92. The van der Waals surface area contributed by atoms with Gasteiger partial charge in [0.05, 0.1) is 18.6 Å². The van der Waals surface area contributed by atoms with E-state index < -0.39 is 45.8 Å². The van der Waals surface area contributed by atoms with Crippen molar-refractivity contribution in [3.05, 3.63) is 0 Å². The van der Waals surface area contributed by atoms with Crippen LogP contribution in [0.5, 0.6) is 0 Å². The fourth-order valence-electron chi connectivity index (χ4n) is 3.86. The average molecular weight is 463 g/mol. The molecule has 3 atom stereocenters. The Morgan fingerprint density at radius 2 is 1.97 bits per heavy atom. The van der Waals surface area contributed by atoms with E-state index in [1.165, 1.54) is 4.90 Å². The van der Waals surface area contributed by atoms with Gasteiger partial charge in [-0.2, -0.15) is 8.42 Å². The topological polar surface area (TPSA) is 161 Å². The number of amidine groups is 1. The minimum absolute atomic E-state index is 0.0326. The number of piperidine rings is 1. The molecular formula is C19H34N4O7S. The average Bonchev–Trinajstić information content (AvgIpc) is 2.99. The van der Waals surface area contributed by atoms with E-state index in [0.717, 1.165) is 32.2 Å². The standard InChI is InChI=1S/C19H34N4O7S/c1-19(2,3)30-17(24)15(9-14(16(20)21)12-5-7-22-8-6-12)23-10-13(29-18(23)25)11-28-31(4,26)27/h12-15,22H,5-11H2,1-4H3,(H3,20,21). The Balaban J connectivity index is 2.22. The molecule has 2 aliphatic rings. The molecule has 31 heavy (non-hydrogen) atoms. The number of hydrogen-bond acceptors (Lipinski definition) is 9. The minimum atomic E-state index is -3.70. The molecule has 2 fully saturated rings. The number of hydrogen-bond donors (Lipinski definition) is 3. The molecule has 0 spiro atoms. The van der Waals surface area contributed by atoms with Crippen LogP contribution in [0.2, 0.25) is 0 Å². The SMILES string of the molecule is CC(C)(C)OC(=O)C(CC(C(=N)N)C1CCNCC1)N1CC(COS(C)(=O)=O)OC1=O. The second-order valence-electron chi connectivity index (χ2n) is 9.08. The summed E-state index contributed by atoms with van der Waals surface area (Å²) < 4.78 is 38.0. The van der Waals surface area contributed by atoms with E-state index >= 15 is 0 Å². The van der Waals surface area contributed by atoms with Crippen molar-refractivity contribution in [1.82, 2.24) is 10.2 Å². The van der Waals surface area contributed by atoms with Gasteiger partial charge in [-0.25, -0.2) is 9.59 Å². The Bertz CT molecular complexity index is 775. The van der Waals surface area contributed by atoms with Gasteiger partial charge in [0, 0.05) is 5.92 Å². The number of esters is 1. The van der Waals surface area contributed by atoms with Gasteiger partial charge < -0.3 is 20.5 Å². The summed E-state index contributed by atoms with van der Waals surface area (Å²) >= 11 is 0. The third-order valence-corrected chi connectivity index (χ3v) is 5.82. The first kappa shape index (κ1) is 25.3. The van der Waals surface area contributed by atoms with Crippen molar-refractivity contribution in [2.45, 2.75) is 57.8 Å². The molecule has 1 amide bonds. The summed E-state index contributed by atoms with van der Waals surface area (Å²) in [5.41, 5.74) is 5.11. The molecule has 0 aromatic carbocycles. The van der Waals surface area contributed by atoms with Crippen LogP contribution in [0.25, 0.3) is 0 Å². The van der Waals surface area contributed by atoms with Crippen LogP contribution in [0.3, 0.4) is 0 Å². The maximum absolute atomic E-state index is 13.0. The van der Waals surface area contributed by atoms with Crippen LogP contribution >= 0.6 is 0 Å².